The van der Waals surface area contributed by atoms with Crippen LogP contribution in [0.15, 0.2) is 94.5 Å². The van der Waals surface area contributed by atoms with Crippen molar-refractivity contribution in [2.75, 3.05) is 0 Å². The highest BCUT2D eigenvalue weighted by molar-refractivity contribution is 7.30. The van der Waals surface area contributed by atoms with Crippen LogP contribution in [-0.4, -0.2) is 8.80 Å². The number of aromatic nitrogens is 2. The molecule has 0 atom stereocenters. The van der Waals surface area contributed by atoms with Gasteiger partial charge in [0.2, 0.25) is 0 Å². The molecule has 1 aromatic carbocycles. The van der Waals surface area contributed by atoms with Gasteiger partial charge in [0.25, 0.3) is 11.1 Å². The second-order valence-corrected chi connectivity index (χ2v) is 25.3. The molecule has 0 aliphatic heterocycles. The third kappa shape index (κ3) is 7.36. The van der Waals surface area contributed by atoms with Gasteiger partial charge in [0.05, 0.1) is 40.9 Å². The second kappa shape index (κ2) is 17.5. The molecule has 0 aliphatic carbocycles. The van der Waals surface area contributed by atoms with E-state index in [2.05, 4.69) is 86.6 Å². The van der Waals surface area contributed by atoms with E-state index in [0.717, 1.165) is 51.6 Å². The molecule has 0 saturated heterocycles. The first kappa shape index (κ1) is 42.2. The molecule has 0 amide bonds. The van der Waals surface area contributed by atoms with Crippen molar-refractivity contribution < 1.29 is 0 Å². The van der Waals surface area contributed by atoms with E-state index < -0.39 is 0 Å². The van der Waals surface area contributed by atoms with Gasteiger partial charge in [-0.1, -0.05) is 78.1 Å². The number of aryl methyl sites for hydroxylation is 2. The summed E-state index contributed by atoms with van der Waals surface area (Å²) in [6, 6.07) is 30.9. The van der Waals surface area contributed by atoms with Gasteiger partial charge in [0.15, 0.2) is 0 Å². The Kier molecular flexibility index (Phi) is 11.3. The third-order valence-corrected chi connectivity index (χ3v) is 21.9. The maximum atomic E-state index is 14.5. The Hall–Kier alpha value is -4.20. The summed E-state index contributed by atoms with van der Waals surface area (Å²) in [5.74, 6) is 0. The first-order chi connectivity index (χ1) is 31.9. The van der Waals surface area contributed by atoms with E-state index in [1.54, 1.807) is 34.0 Å². The average Bonchev–Trinajstić information content (AvgIpc) is 4.15. The summed E-state index contributed by atoms with van der Waals surface area (Å²) >= 11 is 12.8. The number of fused-ring (bicyclic) bond motifs is 8. The summed E-state index contributed by atoms with van der Waals surface area (Å²) in [6.07, 6.45) is 18.2. The van der Waals surface area contributed by atoms with E-state index in [9.17, 15) is 9.59 Å². The van der Waals surface area contributed by atoms with Crippen molar-refractivity contribution in [1.82, 2.24) is 8.80 Å². The molecule has 0 fully saturated rings. The van der Waals surface area contributed by atoms with Crippen molar-refractivity contribution in [3.05, 3.63) is 115 Å². The molecule has 11 heterocycles. The van der Waals surface area contributed by atoms with Gasteiger partial charge in [-0.05, 0) is 111 Å². The van der Waals surface area contributed by atoms with Crippen molar-refractivity contribution in [3.63, 3.8) is 0 Å². The van der Waals surface area contributed by atoms with Crippen LogP contribution in [0.5, 0.6) is 0 Å². The number of thiophene rings is 7. The summed E-state index contributed by atoms with van der Waals surface area (Å²) in [4.78, 5) is 42.2. The lowest BCUT2D eigenvalue weighted by molar-refractivity contribution is 0.609. The first-order valence-electron chi connectivity index (χ1n) is 23.3. The van der Waals surface area contributed by atoms with E-state index in [0.29, 0.717) is 10.8 Å². The number of benzene rings is 1. The fourth-order valence-electron chi connectivity index (χ4n) is 9.89. The van der Waals surface area contributed by atoms with Crippen molar-refractivity contribution in [2.24, 2.45) is 0 Å². The van der Waals surface area contributed by atoms with Gasteiger partial charge in [-0.2, -0.15) is 0 Å². The minimum atomic E-state index is -0.0166. The van der Waals surface area contributed by atoms with Gasteiger partial charge in [-0.25, -0.2) is 0 Å². The SMILES string of the molecule is CCCCCCCCc1ccc(-c2ccc(-c3cc4c(cc5c6sc7c8c(ccc(c(=O)n45)c68)c(=O)n4c5cc(-c6ccc(-c8ccc(CCCCCCCC)s8)s6)sc5cc74)s3)s2)s1. The van der Waals surface area contributed by atoms with E-state index in [1.165, 1.54) is 139 Å². The average molecular weight is 981 g/mol. The highest BCUT2D eigenvalue weighted by Crippen LogP contribution is 2.48. The Balaban J connectivity index is 0.844. The molecule has 0 radical (unpaired) electrons. The van der Waals surface area contributed by atoms with Crippen LogP contribution in [0, 0.1) is 0 Å². The molecule has 0 spiro atoms. The molecule has 0 N–H and O–H groups in total. The number of hydrogen-bond donors (Lipinski definition) is 0. The van der Waals surface area contributed by atoms with Crippen LogP contribution in [0.3, 0.4) is 0 Å². The molecular formula is C54H48N2O2S7. The Morgan fingerprint density at radius 3 is 1.20 bits per heavy atom. The van der Waals surface area contributed by atoms with E-state index in [4.69, 9.17) is 0 Å². The first-order valence-corrected chi connectivity index (χ1v) is 29.1. The van der Waals surface area contributed by atoms with Crippen molar-refractivity contribution in [2.45, 2.75) is 104 Å². The molecule has 11 heteroatoms. The number of hydrogen-bond acceptors (Lipinski definition) is 9. The fraction of sp³-hybridized carbons (Fsp3) is 0.296. The summed E-state index contributed by atoms with van der Waals surface area (Å²) in [6.45, 7) is 4.55. The summed E-state index contributed by atoms with van der Waals surface area (Å²) < 4.78 is 8.23. The van der Waals surface area contributed by atoms with Crippen LogP contribution in [-0.2, 0) is 12.8 Å². The quantitative estimate of drug-likeness (QED) is 0.0635. The maximum absolute atomic E-state index is 14.5. The zero-order valence-corrected chi connectivity index (χ0v) is 42.3. The van der Waals surface area contributed by atoms with Crippen LogP contribution in [0.1, 0.15) is 101 Å². The lowest BCUT2D eigenvalue weighted by Gasteiger charge is -2.05. The highest BCUT2D eigenvalue weighted by atomic mass is 32.1. The molecule has 0 bridgehead atoms. The van der Waals surface area contributed by atoms with Crippen molar-refractivity contribution >= 4 is 142 Å². The molecule has 0 saturated carbocycles. The topological polar surface area (TPSA) is 43.0 Å². The Morgan fingerprint density at radius 1 is 0.369 bits per heavy atom. The fourth-order valence-corrected chi connectivity index (χ4v) is 17.8. The number of pyridine rings is 2. The van der Waals surface area contributed by atoms with Crippen LogP contribution >= 0.6 is 79.4 Å². The minimum Gasteiger partial charge on any atom is -0.274 e. The highest BCUT2D eigenvalue weighted by Gasteiger charge is 2.25. The molecule has 0 aliphatic rings. The molecule has 12 rings (SSSR count). The van der Waals surface area contributed by atoms with Crippen LogP contribution in [0.2, 0.25) is 0 Å². The Bertz CT molecular complexity index is 3530. The van der Waals surface area contributed by atoms with Gasteiger partial charge < -0.3 is 0 Å². The molecule has 0 unspecified atom stereocenters. The van der Waals surface area contributed by atoms with Crippen LogP contribution in [0.4, 0.5) is 0 Å². The third-order valence-electron chi connectivity index (χ3n) is 13.2. The molecular weight excluding hydrogens is 933 g/mol. The van der Waals surface area contributed by atoms with Gasteiger partial charge in [-0.3, -0.25) is 18.4 Å². The number of unbranched alkanes of at least 4 members (excludes halogenated alkanes) is 10. The zero-order valence-electron chi connectivity index (χ0n) is 36.6. The summed E-state index contributed by atoms with van der Waals surface area (Å²) in [5, 5.41) is 3.22. The Labute approximate surface area is 405 Å². The van der Waals surface area contributed by atoms with Gasteiger partial charge in [-0.15, -0.1) is 79.4 Å². The molecule has 12 aromatic rings. The summed E-state index contributed by atoms with van der Waals surface area (Å²) in [7, 11) is 0. The standard InChI is InChI=1S/C54H48N2O2S7/c1-3-5-7-9-11-13-15-31-17-21-39(59-31)41-23-25-43(61-41)47-27-35-45(63-47)29-37-51-49-33(53(57)55(35)37)19-20-34-50(49)52(65-51)38-30-46-36(56(38)54(34)58)28-48(64-46)44-26-24-42(62-44)40-22-18-32(60-40)16-14-12-10-8-6-4-2/h17-30H,3-16H2,1-2H3. The van der Waals surface area contributed by atoms with Gasteiger partial charge in [0, 0.05) is 70.3 Å². The molecule has 4 nitrogen and oxygen atoms in total. The lowest BCUT2D eigenvalue weighted by atomic mass is 10.0. The Morgan fingerprint density at radius 2 is 0.754 bits per heavy atom. The number of nitrogens with zero attached hydrogens (tertiary/aromatic N) is 2. The van der Waals surface area contributed by atoms with Crippen molar-refractivity contribution in [3.8, 4) is 39.0 Å². The molecule has 11 aromatic heterocycles. The second-order valence-electron chi connectivity index (χ2n) is 17.6. The normalized spacial score (nSPS) is 12.5. The zero-order chi connectivity index (χ0) is 43.8. The van der Waals surface area contributed by atoms with Crippen molar-refractivity contribution in [1.29, 1.82) is 0 Å². The molecule has 328 valence electrons. The predicted molar refractivity (Wildman–Crippen MR) is 292 cm³/mol. The van der Waals surface area contributed by atoms with E-state index >= 15 is 0 Å². The number of rotatable bonds is 18. The lowest BCUT2D eigenvalue weighted by Crippen LogP contribution is -2.14. The van der Waals surface area contributed by atoms with E-state index in [1.807, 2.05) is 66.3 Å². The summed E-state index contributed by atoms with van der Waals surface area (Å²) in [5.41, 5.74) is 3.75. The van der Waals surface area contributed by atoms with E-state index in [-0.39, 0.29) is 11.1 Å². The van der Waals surface area contributed by atoms with Gasteiger partial charge >= 0.3 is 0 Å². The maximum Gasteiger partial charge on any atom is 0.263 e. The predicted octanol–water partition coefficient (Wildman–Crippen LogP) is 18.5. The monoisotopic (exact) mass is 980 g/mol. The minimum absolute atomic E-state index is 0.0166. The van der Waals surface area contributed by atoms with Crippen LogP contribution < -0.4 is 11.1 Å². The van der Waals surface area contributed by atoms with Crippen LogP contribution in [0.25, 0.3) is 101 Å². The smallest absolute Gasteiger partial charge is 0.263 e. The largest absolute Gasteiger partial charge is 0.274 e. The molecule has 65 heavy (non-hydrogen) atoms. The van der Waals surface area contributed by atoms with Gasteiger partial charge in [0.1, 0.15) is 0 Å².